The number of methoxy groups -OCH3 is 2. The van der Waals surface area contributed by atoms with E-state index in [1.54, 1.807) is 18.2 Å². The first-order valence-corrected chi connectivity index (χ1v) is 8.89. The molecular weight excluding hydrogens is 360 g/mol. The number of esters is 1. The summed E-state index contributed by atoms with van der Waals surface area (Å²) in [5.41, 5.74) is 1.23. The quantitative estimate of drug-likeness (QED) is 0.508. The van der Waals surface area contributed by atoms with Crippen molar-refractivity contribution in [2.24, 2.45) is 0 Å². The van der Waals surface area contributed by atoms with E-state index >= 15 is 0 Å². The molecule has 6 nitrogen and oxygen atoms in total. The lowest BCUT2D eigenvalue weighted by Crippen LogP contribution is -2.21. The predicted octanol–water partition coefficient (Wildman–Crippen LogP) is 3.81. The predicted molar refractivity (Wildman–Crippen MR) is 105 cm³/mol. The SMILES string of the molecule is COc1ccc(C(=O)COC(=O)COc2ccccc2C(C)(C)C)cc1OC. The van der Waals surface area contributed by atoms with Gasteiger partial charge in [0.25, 0.3) is 0 Å². The van der Waals surface area contributed by atoms with E-state index < -0.39 is 5.97 Å². The van der Waals surface area contributed by atoms with Crippen molar-refractivity contribution in [2.45, 2.75) is 26.2 Å². The number of carbonyl (C=O) groups is 2. The van der Waals surface area contributed by atoms with Crippen LogP contribution in [0.4, 0.5) is 0 Å². The number of rotatable bonds is 8. The summed E-state index contributed by atoms with van der Waals surface area (Å²) in [7, 11) is 3.00. The van der Waals surface area contributed by atoms with Gasteiger partial charge in [0.05, 0.1) is 14.2 Å². The van der Waals surface area contributed by atoms with Gasteiger partial charge in [-0.3, -0.25) is 4.79 Å². The summed E-state index contributed by atoms with van der Waals surface area (Å²) in [6.45, 7) is 5.55. The van der Waals surface area contributed by atoms with Gasteiger partial charge in [-0.2, -0.15) is 0 Å². The third-order valence-electron chi connectivity index (χ3n) is 4.11. The average molecular weight is 386 g/mol. The zero-order chi connectivity index (χ0) is 20.7. The molecule has 0 fully saturated rings. The second kappa shape index (κ2) is 9.26. The van der Waals surface area contributed by atoms with Gasteiger partial charge in [0.1, 0.15) is 5.75 Å². The van der Waals surface area contributed by atoms with Crippen LogP contribution in [0.2, 0.25) is 0 Å². The molecular formula is C22H26O6. The Morgan fingerprint density at radius 3 is 2.18 bits per heavy atom. The lowest BCUT2D eigenvalue weighted by atomic mass is 9.86. The van der Waals surface area contributed by atoms with Gasteiger partial charge >= 0.3 is 5.97 Å². The number of hydrogen-bond acceptors (Lipinski definition) is 6. The molecule has 0 radical (unpaired) electrons. The number of hydrogen-bond donors (Lipinski definition) is 0. The summed E-state index contributed by atoms with van der Waals surface area (Å²) < 4.78 is 21.0. The van der Waals surface area contributed by atoms with Crippen LogP contribution in [0.15, 0.2) is 42.5 Å². The van der Waals surface area contributed by atoms with Gasteiger partial charge in [0.2, 0.25) is 0 Å². The molecule has 6 heteroatoms. The molecule has 0 amide bonds. The molecule has 0 aromatic heterocycles. The summed E-state index contributed by atoms with van der Waals surface area (Å²) in [6.07, 6.45) is 0. The zero-order valence-electron chi connectivity index (χ0n) is 16.9. The van der Waals surface area contributed by atoms with E-state index in [9.17, 15) is 9.59 Å². The molecule has 2 rings (SSSR count). The van der Waals surface area contributed by atoms with Gasteiger partial charge in [-0.15, -0.1) is 0 Å². The van der Waals surface area contributed by atoms with Gasteiger partial charge in [-0.1, -0.05) is 39.0 Å². The molecule has 2 aromatic carbocycles. The van der Waals surface area contributed by atoms with Crippen molar-refractivity contribution in [1.29, 1.82) is 0 Å². The summed E-state index contributed by atoms with van der Waals surface area (Å²) in [4.78, 5) is 24.3. The van der Waals surface area contributed by atoms with E-state index in [4.69, 9.17) is 18.9 Å². The van der Waals surface area contributed by atoms with E-state index in [0.717, 1.165) is 5.56 Å². The topological polar surface area (TPSA) is 71.1 Å². The fourth-order valence-corrected chi connectivity index (χ4v) is 2.63. The van der Waals surface area contributed by atoms with Gasteiger partial charge in [-0.25, -0.2) is 4.79 Å². The third-order valence-corrected chi connectivity index (χ3v) is 4.11. The highest BCUT2D eigenvalue weighted by molar-refractivity contribution is 5.98. The minimum atomic E-state index is -0.613. The van der Waals surface area contributed by atoms with Crippen LogP contribution in [0.1, 0.15) is 36.7 Å². The molecule has 2 aromatic rings. The molecule has 150 valence electrons. The van der Waals surface area contributed by atoms with Crippen LogP contribution >= 0.6 is 0 Å². The molecule has 0 aliphatic heterocycles. The normalized spacial score (nSPS) is 10.9. The first-order valence-electron chi connectivity index (χ1n) is 8.89. The molecule has 0 N–H and O–H groups in total. The molecule has 0 saturated heterocycles. The average Bonchev–Trinajstić information content (AvgIpc) is 2.69. The van der Waals surface area contributed by atoms with E-state index in [1.807, 2.05) is 24.3 Å². The maximum absolute atomic E-state index is 12.3. The van der Waals surface area contributed by atoms with Crippen molar-refractivity contribution in [1.82, 2.24) is 0 Å². The monoisotopic (exact) mass is 386 g/mol. The maximum Gasteiger partial charge on any atom is 0.344 e. The van der Waals surface area contributed by atoms with E-state index in [1.165, 1.54) is 14.2 Å². The molecule has 0 saturated carbocycles. The number of carbonyl (C=O) groups excluding carboxylic acids is 2. The van der Waals surface area contributed by atoms with Crippen molar-refractivity contribution >= 4 is 11.8 Å². The fourth-order valence-electron chi connectivity index (χ4n) is 2.63. The van der Waals surface area contributed by atoms with Crippen molar-refractivity contribution in [3.05, 3.63) is 53.6 Å². The summed E-state index contributed by atoms with van der Waals surface area (Å²) >= 11 is 0. The number of ether oxygens (including phenoxy) is 4. The second-order valence-corrected chi connectivity index (χ2v) is 7.19. The van der Waals surface area contributed by atoms with Crippen LogP contribution in [-0.2, 0) is 14.9 Å². The minimum absolute atomic E-state index is 0.121. The number of benzene rings is 2. The van der Waals surface area contributed by atoms with Crippen LogP contribution in [0, 0.1) is 0 Å². The summed E-state index contributed by atoms with van der Waals surface area (Å²) in [5, 5.41) is 0. The largest absolute Gasteiger partial charge is 0.493 e. The zero-order valence-corrected chi connectivity index (χ0v) is 16.9. The smallest absolute Gasteiger partial charge is 0.344 e. The molecule has 0 heterocycles. The molecule has 28 heavy (non-hydrogen) atoms. The number of ketones is 1. The summed E-state index contributed by atoms with van der Waals surface area (Å²) in [6, 6.07) is 12.3. The second-order valence-electron chi connectivity index (χ2n) is 7.19. The maximum atomic E-state index is 12.3. The third kappa shape index (κ3) is 5.49. The molecule has 0 bridgehead atoms. The van der Waals surface area contributed by atoms with Crippen LogP contribution in [0.5, 0.6) is 17.2 Å². The van der Waals surface area contributed by atoms with E-state index in [-0.39, 0.29) is 24.4 Å². The van der Waals surface area contributed by atoms with Crippen LogP contribution in [0.25, 0.3) is 0 Å². The first kappa shape index (κ1) is 21.3. The minimum Gasteiger partial charge on any atom is -0.493 e. The van der Waals surface area contributed by atoms with Gasteiger partial charge < -0.3 is 18.9 Å². The van der Waals surface area contributed by atoms with Gasteiger partial charge in [0, 0.05) is 5.56 Å². The Morgan fingerprint density at radius 1 is 0.857 bits per heavy atom. The summed E-state index contributed by atoms with van der Waals surface area (Å²) in [5.74, 6) is 0.615. The van der Waals surface area contributed by atoms with Crippen LogP contribution < -0.4 is 14.2 Å². The lowest BCUT2D eigenvalue weighted by Gasteiger charge is -2.22. The van der Waals surface area contributed by atoms with Gasteiger partial charge in [0.15, 0.2) is 30.5 Å². The standard InChI is InChI=1S/C22H26O6/c1-22(2,3)16-8-6-7-9-18(16)27-14-21(24)28-13-17(23)15-10-11-19(25-4)20(12-15)26-5/h6-12H,13-14H2,1-5H3. The molecule has 0 unspecified atom stereocenters. The Labute approximate surface area is 165 Å². The Kier molecular flexibility index (Phi) is 7.04. The first-order chi connectivity index (χ1) is 13.3. The van der Waals surface area contributed by atoms with Crippen molar-refractivity contribution in [3.8, 4) is 17.2 Å². The van der Waals surface area contributed by atoms with Crippen LogP contribution in [0.3, 0.4) is 0 Å². The molecule has 0 spiro atoms. The highest BCUT2D eigenvalue weighted by Gasteiger charge is 2.19. The van der Waals surface area contributed by atoms with Crippen LogP contribution in [-0.4, -0.2) is 39.2 Å². The molecule has 0 atom stereocenters. The Balaban J connectivity index is 1.92. The molecule has 0 aliphatic carbocycles. The fraction of sp³-hybridized carbons (Fsp3) is 0.364. The van der Waals surface area contributed by atoms with Crippen molar-refractivity contribution < 1.29 is 28.5 Å². The number of para-hydroxylation sites is 1. The molecule has 0 aliphatic rings. The van der Waals surface area contributed by atoms with E-state index in [0.29, 0.717) is 22.8 Å². The lowest BCUT2D eigenvalue weighted by molar-refractivity contribution is -0.144. The highest BCUT2D eigenvalue weighted by Crippen LogP contribution is 2.31. The van der Waals surface area contributed by atoms with Crippen molar-refractivity contribution in [3.63, 3.8) is 0 Å². The highest BCUT2D eigenvalue weighted by atomic mass is 16.6. The Hall–Kier alpha value is -3.02. The Bertz CT molecular complexity index is 835. The number of Topliss-reactive ketones (excluding diaryl/α,β-unsaturated/α-hetero) is 1. The van der Waals surface area contributed by atoms with Crippen molar-refractivity contribution in [2.75, 3.05) is 27.4 Å². The van der Waals surface area contributed by atoms with Gasteiger partial charge in [-0.05, 0) is 35.2 Å². The Morgan fingerprint density at radius 2 is 1.54 bits per heavy atom. The van der Waals surface area contributed by atoms with E-state index in [2.05, 4.69) is 20.8 Å².